The molecule has 0 saturated heterocycles. The lowest BCUT2D eigenvalue weighted by molar-refractivity contribution is -0.127. The van der Waals surface area contributed by atoms with Gasteiger partial charge >= 0.3 is 6.09 Å². The summed E-state index contributed by atoms with van der Waals surface area (Å²) in [5.41, 5.74) is 4.45. The summed E-state index contributed by atoms with van der Waals surface area (Å²) in [5, 5.41) is 9.70. The van der Waals surface area contributed by atoms with E-state index >= 15 is 0 Å². The van der Waals surface area contributed by atoms with Crippen molar-refractivity contribution in [2.24, 2.45) is 5.73 Å². The first-order valence-corrected chi connectivity index (χ1v) is 7.03. The summed E-state index contributed by atoms with van der Waals surface area (Å²) in [7, 11) is 1.53. The van der Waals surface area contributed by atoms with E-state index in [9.17, 15) is 14.7 Å². The van der Waals surface area contributed by atoms with Gasteiger partial charge in [0.1, 0.15) is 24.7 Å². The SMILES string of the molecule is CN1C(=O)[C@@H](OC(N)=O)COc2ccc(OCC(C)(C)O)cc21. The maximum absolute atomic E-state index is 12.3. The highest BCUT2D eigenvalue weighted by molar-refractivity contribution is 5.99. The van der Waals surface area contributed by atoms with Crippen LogP contribution < -0.4 is 20.1 Å². The number of carbonyl (C=O) groups excluding carboxylic acids is 2. The number of amides is 2. The largest absolute Gasteiger partial charge is 0.491 e. The fourth-order valence-corrected chi connectivity index (χ4v) is 2.03. The molecule has 0 bridgehead atoms. The number of nitrogens with two attached hydrogens (primary N) is 1. The molecule has 0 aromatic heterocycles. The van der Waals surface area contributed by atoms with Crippen LogP contribution in [0.25, 0.3) is 0 Å². The van der Waals surface area contributed by atoms with Crippen molar-refractivity contribution in [3.8, 4) is 11.5 Å². The first-order chi connectivity index (χ1) is 10.7. The number of nitrogens with zero attached hydrogens (tertiary/aromatic N) is 1. The van der Waals surface area contributed by atoms with Crippen molar-refractivity contribution in [2.45, 2.75) is 25.6 Å². The minimum atomic E-state index is -1.11. The van der Waals surface area contributed by atoms with E-state index in [0.29, 0.717) is 17.2 Å². The summed E-state index contributed by atoms with van der Waals surface area (Å²) in [5.74, 6) is 0.470. The summed E-state index contributed by atoms with van der Waals surface area (Å²) >= 11 is 0. The van der Waals surface area contributed by atoms with Crippen molar-refractivity contribution in [3.05, 3.63) is 18.2 Å². The Morgan fingerprint density at radius 1 is 1.52 bits per heavy atom. The van der Waals surface area contributed by atoms with Crippen LogP contribution in [0.3, 0.4) is 0 Å². The second-order valence-electron chi connectivity index (χ2n) is 5.86. The van der Waals surface area contributed by atoms with Crippen LogP contribution in [-0.4, -0.2) is 49.1 Å². The number of aliphatic hydroxyl groups is 1. The van der Waals surface area contributed by atoms with Gasteiger partial charge in [0, 0.05) is 13.1 Å². The molecule has 126 valence electrons. The van der Waals surface area contributed by atoms with Crippen LogP contribution in [0.5, 0.6) is 11.5 Å². The summed E-state index contributed by atoms with van der Waals surface area (Å²) < 4.78 is 15.8. The van der Waals surface area contributed by atoms with Crippen LogP contribution in [0, 0.1) is 0 Å². The van der Waals surface area contributed by atoms with Crippen molar-refractivity contribution in [1.82, 2.24) is 0 Å². The molecule has 0 aliphatic carbocycles. The molecule has 3 N–H and O–H groups in total. The summed E-state index contributed by atoms with van der Waals surface area (Å²) in [6.07, 6.45) is -2.15. The Bertz CT molecular complexity index is 610. The van der Waals surface area contributed by atoms with Gasteiger partial charge in [-0.25, -0.2) is 4.79 Å². The molecule has 1 aliphatic rings. The van der Waals surface area contributed by atoms with E-state index in [0.717, 1.165) is 0 Å². The number of benzene rings is 1. The predicted molar refractivity (Wildman–Crippen MR) is 81.6 cm³/mol. The zero-order valence-electron chi connectivity index (χ0n) is 13.2. The zero-order valence-corrected chi connectivity index (χ0v) is 13.2. The monoisotopic (exact) mass is 324 g/mol. The zero-order chi connectivity index (χ0) is 17.2. The third-order valence-electron chi connectivity index (χ3n) is 3.14. The van der Waals surface area contributed by atoms with E-state index < -0.39 is 23.7 Å². The molecule has 1 aromatic rings. The van der Waals surface area contributed by atoms with Crippen LogP contribution in [0.15, 0.2) is 18.2 Å². The number of hydrogen-bond acceptors (Lipinski definition) is 6. The second-order valence-corrected chi connectivity index (χ2v) is 5.86. The topological polar surface area (TPSA) is 111 Å². The van der Waals surface area contributed by atoms with Gasteiger partial charge in [0.25, 0.3) is 5.91 Å². The molecule has 0 unspecified atom stereocenters. The summed E-state index contributed by atoms with van der Waals surface area (Å²) in [6, 6.07) is 4.93. The molecule has 1 heterocycles. The van der Waals surface area contributed by atoms with E-state index in [1.54, 1.807) is 32.0 Å². The molecule has 0 spiro atoms. The van der Waals surface area contributed by atoms with Crippen LogP contribution in [0.2, 0.25) is 0 Å². The number of hydrogen-bond donors (Lipinski definition) is 2. The number of primary amides is 1. The lowest BCUT2D eigenvalue weighted by Crippen LogP contribution is -2.41. The Balaban J connectivity index is 2.21. The standard InChI is InChI=1S/C15H20N2O6/c1-15(2,20)8-22-9-4-5-11-10(6-9)17(3)13(18)12(7-21-11)23-14(16)19/h4-6,12,20H,7-8H2,1-3H3,(H2,16,19)/t12-/m0/s1. The highest BCUT2D eigenvalue weighted by Crippen LogP contribution is 2.34. The summed E-state index contributed by atoms with van der Waals surface area (Å²) in [6.45, 7) is 3.22. The first-order valence-electron chi connectivity index (χ1n) is 7.03. The maximum atomic E-state index is 12.3. The summed E-state index contributed by atoms with van der Waals surface area (Å²) in [4.78, 5) is 24.5. The number of likely N-dealkylation sites (N-methyl/N-ethyl adjacent to an activating group) is 1. The Morgan fingerprint density at radius 2 is 2.22 bits per heavy atom. The fourth-order valence-electron chi connectivity index (χ4n) is 2.03. The van der Waals surface area contributed by atoms with Gasteiger partial charge in [0.2, 0.25) is 6.10 Å². The molecule has 0 fully saturated rings. The van der Waals surface area contributed by atoms with Gasteiger partial charge in [-0.15, -0.1) is 0 Å². The average Bonchev–Trinajstić information content (AvgIpc) is 2.56. The van der Waals surface area contributed by atoms with E-state index in [2.05, 4.69) is 0 Å². The van der Waals surface area contributed by atoms with Crippen molar-refractivity contribution in [3.63, 3.8) is 0 Å². The Kier molecular flexibility index (Phi) is 4.65. The van der Waals surface area contributed by atoms with Crippen LogP contribution >= 0.6 is 0 Å². The van der Waals surface area contributed by atoms with Crippen molar-refractivity contribution >= 4 is 17.7 Å². The number of carbonyl (C=O) groups is 2. The molecule has 8 nitrogen and oxygen atoms in total. The maximum Gasteiger partial charge on any atom is 0.405 e. The van der Waals surface area contributed by atoms with Crippen molar-refractivity contribution in [2.75, 3.05) is 25.2 Å². The predicted octanol–water partition coefficient (Wildman–Crippen LogP) is 0.655. The lowest BCUT2D eigenvalue weighted by atomic mass is 10.2. The highest BCUT2D eigenvalue weighted by atomic mass is 16.6. The molecule has 0 radical (unpaired) electrons. The third kappa shape index (κ3) is 4.26. The normalized spacial score (nSPS) is 17.8. The van der Waals surface area contributed by atoms with Crippen LogP contribution in [0.1, 0.15) is 13.8 Å². The molecule has 0 saturated carbocycles. The average molecular weight is 324 g/mol. The van der Waals surface area contributed by atoms with E-state index in [1.165, 1.54) is 11.9 Å². The van der Waals surface area contributed by atoms with Gasteiger partial charge in [0.15, 0.2) is 0 Å². The molecule has 8 heteroatoms. The van der Waals surface area contributed by atoms with Crippen molar-refractivity contribution < 1.29 is 28.9 Å². The van der Waals surface area contributed by atoms with E-state index in [4.69, 9.17) is 19.9 Å². The number of anilines is 1. The molecule has 1 atom stereocenters. The number of rotatable bonds is 4. The Hall–Kier alpha value is -2.48. The lowest BCUT2D eigenvalue weighted by Gasteiger charge is -2.21. The van der Waals surface area contributed by atoms with Gasteiger partial charge in [0.05, 0.1) is 11.3 Å². The Labute approximate surface area is 133 Å². The number of fused-ring (bicyclic) bond motifs is 1. The van der Waals surface area contributed by atoms with Gasteiger partial charge in [-0.05, 0) is 26.0 Å². The van der Waals surface area contributed by atoms with Gasteiger partial charge < -0.3 is 30.0 Å². The molecular formula is C15H20N2O6. The number of ether oxygens (including phenoxy) is 3. The Morgan fingerprint density at radius 3 is 2.83 bits per heavy atom. The van der Waals surface area contributed by atoms with Gasteiger partial charge in [-0.3, -0.25) is 4.79 Å². The van der Waals surface area contributed by atoms with Gasteiger partial charge in [-0.1, -0.05) is 0 Å². The molecule has 1 aliphatic heterocycles. The third-order valence-corrected chi connectivity index (χ3v) is 3.14. The minimum absolute atomic E-state index is 0.0950. The molecule has 2 amide bonds. The smallest absolute Gasteiger partial charge is 0.405 e. The minimum Gasteiger partial charge on any atom is -0.491 e. The molecule has 2 rings (SSSR count). The molecule has 23 heavy (non-hydrogen) atoms. The quantitative estimate of drug-likeness (QED) is 0.841. The van der Waals surface area contributed by atoms with Crippen LogP contribution in [0.4, 0.5) is 10.5 Å². The molecule has 1 aromatic carbocycles. The van der Waals surface area contributed by atoms with E-state index in [-0.39, 0.29) is 13.2 Å². The van der Waals surface area contributed by atoms with E-state index in [1.807, 2.05) is 0 Å². The second kappa shape index (κ2) is 6.33. The fraction of sp³-hybridized carbons (Fsp3) is 0.467. The highest BCUT2D eigenvalue weighted by Gasteiger charge is 2.32. The van der Waals surface area contributed by atoms with Crippen LogP contribution in [-0.2, 0) is 9.53 Å². The molecular weight excluding hydrogens is 304 g/mol. The van der Waals surface area contributed by atoms with Gasteiger partial charge in [-0.2, -0.15) is 0 Å². The van der Waals surface area contributed by atoms with Crippen molar-refractivity contribution in [1.29, 1.82) is 0 Å². The first kappa shape index (κ1) is 16.9.